The smallest absolute Gasteiger partial charge is 0.228 e. The molecule has 1 amide bonds. The number of anilines is 3. The number of carbonyl (C=O) groups excluding carboxylic acids is 1. The average molecular weight is 377 g/mol. The Kier molecular flexibility index (Phi) is 4.76. The fourth-order valence-electron chi connectivity index (χ4n) is 3.05. The van der Waals surface area contributed by atoms with E-state index in [0.29, 0.717) is 11.4 Å². The number of hydrogen-bond acceptors (Lipinski definition) is 2. The standard InChI is InChI=1S/C22H17F2N3O/c23-18-5-3-6-19(24)22(18)27-16-10-8-15(9-11-16)26-21(28)12-14-13-25-20-7-2-1-4-17(14)20/h1-11,13,25,27H,12H2,(H,26,28). The number of fused-ring (bicyclic) bond motifs is 1. The third kappa shape index (κ3) is 3.71. The number of rotatable bonds is 5. The SMILES string of the molecule is O=C(Cc1c[nH]c2ccccc12)Nc1ccc(Nc2c(F)cccc2F)cc1. The molecule has 0 saturated carbocycles. The molecule has 0 unspecified atom stereocenters. The Bertz CT molecular complexity index is 1120. The van der Waals surface area contributed by atoms with E-state index in [2.05, 4.69) is 15.6 Å². The lowest BCUT2D eigenvalue weighted by atomic mass is 10.1. The number of hydrogen-bond donors (Lipinski definition) is 3. The fraction of sp³-hybridized carbons (Fsp3) is 0.0455. The number of carbonyl (C=O) groups is 1. The largest absolute Gasteiger partial charge is 0.361 e. The van der Waals surface area contributed by atoms with E-state index in [4.69, 9.17) is 0 Å². The number of aromatic amines is 1. The molecule has 0 bridgehead atoms. The Balaban J connectivity index is 1.42. The molecule has 0 aliphatic carbocycles. The highest BCUT2D eigenvalue weighted by Gasteiger charge is 2.10. The molecule has 28 heavy (non-hydrogen) atoms. The molecule has 0 spiro atoms. The van der Waals surface area contributed by atoms with Crippen molar-refractivity contribution in [1.82, 2.24) is 4.98 Å². The molecule has 1 heterocycles. The molecule has 0 saturated heterocycles. The third-order valence-corrected chi connectivity index (χ3v) is 4.43. The van der Waals surface area contributed by atoms with Crippen molar-refractivity contribution in [3.8, 4) is 0 Å². The maximum absolute atomic E-state index is 13.7. The highest BCUT2D eigenvalue weighted by Crippen LogP contribution is 2.24. The number of H-pyrrole nitrogens is 1. The highest BCUT2D eigenvalue weighted by atomic mass is 19.1. The highest BCUT2D eigenvalue weighted by molar-refractivity contribution is 5.95. The van der Waals surface area contributed by atoms with Gasteiger partial charge in [0.15, 0.2) is 0 Å². The van der Waals surface area contributed by atoms with Gasteiger partial charge >= 0.3 is 0 Å². The average Bonchev–Trinajstić information content (AvgIpc) is 3.09. The summed E-state index contributed by atoms with van der Waals surface area (Å²) in [5, 5.41) is 6.56. The number of aromatic nitrogens is 1. The summed E-state index contributed by atoms with van der Waals surface area (Å²) in [6.07, 6.45) is 2.07. The molecule has 0 aliphatic rings. The Morgan fingerprint density at radius 2 is 1.54 bits per heavy atom. The number of amides is 1. The molecule has 6 heteroatoms. The first-order valence-electron chi connectivity index (χ1n) is 8.76. The van der Waals surface area contributed by atoms with Crippen LogP contribution in [0, 0.1) is 11.6 Å². The molecule has 4 aromatic rings. The van der Waals surface area contributed by atoms with Crippen molar-refractivity contribution in [2.45, 2.75) is 6.42 Å². The molecule has 4 nitrogen and oxygen atoms in total. The maximum Gasteiger partial charge on any atom is 0.228 e. The van der Waals surface area contributed by atoms with Crippen LogP contribution >= 0.6 is 0 Å². The predicted molar refractivity (Wildman–Crippen MR) is 107 cm³/mol. The molecule has 140 valence electrons. The fourth-order valence-corrected chi connectivity index (χ4v) is 3.05. The van der Waals surface area contributed by atoms with Crippen molar-refractivity contribution >= 4 is 33.9 Å². The monoisotopic (exact) mass is 377 g/mol. The van der Waals surface area contributed by atoms with E-state index < -0.39 is 11.6 Å². The number of para-hydroxylation sites is 2. The van der Waals surface area contributed by atoms with E-state index in [-0.39, 0.29) is 18.0 Å². The summed E-state index contributed by atoms with van der Waals surface area (Å²) in [7, 11) is 0. The van der Waals surface area contributed by atoms with Gasteiger partial charge < -0.3 is 15.6 Å². The van der Waals surface area contributed by atoms with Crippen LogP contribution in [0.15, 0.2) is 72.9 Å². The van der Waals surface area contributed by atoms with Gasteiger partial charge in [0.1, 0.15) is 17.3 Å². The lowest BCUT2D eigenvalue weighted by Crippen LogP contribution is -2.14. The van der Waals surface area contributed by atoms with E-state index in [1.54, 1.807) is 24.3 Å². The van der Waals surface area contributed by atoms with Crippen LogP contribution < -0.4 is 10.6 Å². The molecule has 3 aromatic carbocycles. The molecule has 1 aromatic heterocycles. The van der Waals surface area contributed by atoms with Gasteiger partial charge in [-0.15, -0.1) is 0 Å². The Hall–Kier alpha value is -3.67. The minimum absolute atomic E-state index is 0.148. The van der Waals surface area contributed by atoms with Crippen molar-refractivity contribution in [2.75, 3.05) is 10.6 Å². The van der Waals surface area contributed by atoms with E-state index >= 15 is 0 Å². The van der Waals surface area contributed by atoms with Gasteiger partial charge in [0.25, 0.3) is 0 Å². The van der Waals surface area contributed by atoms with Crippen LogP contribution in [0.2, 0.25) is 0 Å². The zero-order valence-electron chi connectivity index (χ0n) is 14.8. The summed E-state index contributed by atoms with van der Waals surface area (Å²) in [5.74, 6) is -1.49. The summed E-state index contributed by atoms with van der Waals surface area (Å²) in [5.41, 5.74) is 2.81. The number of benzene rings is 3. The predicted octanol–water partition coefficient (Wildman–Crippen LogP) is 5.37. The van der Waals surface area contributed by atoms with E-state index in [9.17, 15) is 13.6 Å². The Morgan fingerprint density at radius 1 is 0.857 bits per heavy atom. The molecule has 0 aliphatic heterocycles. The Morgan fingerprint density at radius 3 is 2.29 bits per heavy atom. The van der Waals surface area contributed by atoms with Crippen LogP contribution in [-0.2, 0) is 11.2 Å². The third-order valence-electron chi connectivity index (χ3n) is 4.43. The number of halogens is 2. The minimum Gasteiger partial charge on any atom is -0.361 e. The van der Waals surface area contributed by atoms with Gasteiger partial charge in [-0.25, -0.2) is 8.78 Å². The van der Waals surface area contributed by atoms with Crippen molar-refractivity contribution in [1.29, 1.82) is 0 Å². The van der Waals surface area contributed by atoms with Gasteiger partial charge in [0, 0.05) is 28.5 Å². The molecule has 3 N–H and O–H groups in total. The molecule has 0 fully saturated rings. The first kappa shape index (κ1) is 17.7. The lowest BCUT2D eigenvalue weighted by molar-refractivity contribution is -0.115. The Labute approximate surface area is 160 Å². The number of nitrogens with one attached hydrogen (secondary N) is 3. The van der Waals surface area contributed by atoms with Crippen LogP contribution in [0.4, 0.5) is 25.8 Å². The van der Waals surface area contributed by atoms with Gasteiger partial charge in [-0.05, 0) is 48.0 Å². The second kappa shape index (κ2) is 7.52. The van der Waals surface area contributed by atoms with Gasteiger partial charge in [-0.2, -0.15) is 0 Å². The topological polar surface area (TPSA) is 56.9 Å². The quantitative estimate of drug-likeness (QED) is 0.438. The van der Waals surface area contributed by atoms with E-state index in [1.165, 1.54) is 18.2 Å². The first-order chi connectivity index (χ1) is 13.6. The molecular weight excluding hydrogens is 360 g/mol. The van der Waals surface area contributed by atoms with Crippen molar-refractivity contribution in [2.24, 2.45) is 0 Å². The summed E-state index contributed by atoms with van der Waals surface area (Å²) in [6.45, 7) is 0. The van der Waals surface area contributed by atoms with E-state index in [1.807, 2.05) is 30.5 Å². The summed E-state index contributed by atoms with van der Waals surface area (Å²) < 4.78 is 27.4. The van der Waals surface area contributed by atoms with Crippen LogP contribution in [0.25, 0.3) is 10.9 Å². The van der Waals surface area contributed by atoms with Crippen molar-refractivity contribution < 1.29 is 13.6 Å². The summed E-state index contributed by atoms with van der Waals surface area (Å²) >= 11 is 0. The zero-order valence-corrected chi connectivity index (χ0v) is 14.8. The molecular formula is C22H17F2N3O. The molecule has 0 radical (unpaired) electrons. The lowest BCUT2D eigenvalue weighted by Gasteiger charge is -2.10. The summed E-state index contributed by atoms with van der Waals surface area (Å²) in [4.78, 5) is 15.5. The van der Waals surface area contributed by atoms with Crippen molar-refractivity contribution in [3.05, 3.63) is 90.1 Å². The van der Waals surface area contributed by atoms with Crippen LogP contribution in [0.1, 0.15) is 5.56 Å². The van der Waals surface area contributed by atoms with Gasteiger partial charge in [-0.1, -0.05) is 24.3 Å². The summed E-state index contributed by atoms with van der Waals surface area (Å²) in [6, 6.07) is 18.1. The molecule has 0 atom stereocenters. The second-order valence-electron chi connectivity index (χ2n) is 6.38. The second-order valence-corrected chi connectivity index (χ2v) is 6.38. The maximum atomic E-state index is 13.7. The molecule has 4 rings (SSSR count). The van der Waals surface area contributed by atoms with Gasteiger partial charge in [-0.3, -0.25) is 4.79 Å². The van der Waals surface area contributed by atoms with E-state index in [0.717, 1.165) is 16.5 Å². The van der Waals surface area contributed by atoms with Crippen LogP contribution in [0.3, 0.4) is 0 Å². The van der Waals surface area contributed by atoms with Gasteiger partial charge in [0.05, 0.1) is 6.42 Å². The normalized spacial score (nSPS) is 10.8. The van der Waals surface area contributed by atoms with Crippen molar-refractivity contribution in [3.63, 3.8) is 0 Å². The zero-order chi connectivity index (χ0) is 19.5. The van der Waals surface area contributed by atoms with Gasteiger partial charge in [0.2, 0.25) is 5.91 Å². The van der Waals surface area contributed by atoms with Crippen LogP contribution in [0.5, 0.6) is 0 Å². The minimum atomic E-state index is -0.670. The van der Waals surface area contributed by atoms with Crippen LogP contribution in [-0.4, -0.2) is 10.9 Å². The first-order valence-corrected chi connectivity index (χ1v) is 8.76.